The maximum absolute atomic E-state index is 12.3. The number of aromatic nitrogens is 2. The number of amides is 2. The van der Waals surface area contributed by atoms with E-state index in [1.165, 1.54) is 12.0 Å². The molecule has 0 radical (unpaired) electrons. The molecular formula is C16H20N4O3. The summed E-state index contributed by atoms with van der Waals surface area (Å²) in [6, 6.07) is 4.73. The minimum absolute atomic E-state index is 0.288. The lowest BCUT2D eigenvalue weighted by Crippen LogP contribution is -2.31. The van der Waals surface area contributed by atoms with Gasteiger partial charge in [0.2, 0.25) is 0 Å². The summed E-state index contributed by atoms with van der Waals surface area (Å²) in [5, 5.41) is 2.79. The van der Waals surface area contributed by atoms with E-state index in [0.29, 0.717) is 23.6 Å². The van der Waals surface area contributed by atoms with Crippen LogP contribution >= 0.6 is 0 Å². The number of aromatic amines is 1. The van der Waals surface area contributed by atoms with Crippen LogP contribution in [0, 0.1) is 13.8 Å². The molecule has 0 bridgehead atoms. The summed E-state index contributed by atoms with van der Waals surface area (Å²) in [4.78, 5) is 32.6. The minimum Gasteiger partial charge on any atom is -0.465 e. The Bertz CT molecular complexity index is 724. The first-order valence-electron chi connectivity index (χ1n) is 7.12. The monoisotopic (exact) mass is 316 g/mol. The van der Waals surface area contributed by atoms with Crippen LogP contribution < -0.4 is 5.32 Å². The summed E-state index contributed by atoms with van der Waals surface area (Å²) in [5.74, 6) is 0.264. The number of rotatable bonds is 4. The van der Waals surface area contributed by atoms with Crippen LogP contribution in [0.1, 0.15) is 27.4 Å². The standard InChI is InChI=1S/C16H20N4O3/c1-10-5-6-12(15(21)23-4)7-13(10)19-16(22)20(3)9-14-17-8-11(2)18-14/h5-8H,9H2,1-4H3,(H,17,18)(H,19,22). The topological polar surface area (TPSA) is 87.3 Å². The fourth-order valence-electron chi connectivity index (χ4n) is 2.06. The number of urea groups is 1. The van der Waals surface area contributed by atoms with Gasteiger partial charge in [-0.1, -0.05) is 6.07 Å². The zero-order valence-electron chi connectivity index (χ0n) is 13.6. The Morgan fingerprint density at radius 3 is 2.70 bits per heavy atom. The first-order chi connectivity index (χ1) is 10.9. The molecule has 7 heteroatoms. The number of benzene rings is 1. The third kappa shape index (κ3) is 4.09. The largest absolute Gasteiger partial charge is 0.465 e. The van der Waals surface area contributed by atoms with E-state index in [9.17, 15) is 9.59 Å². The highest BCUT2D eigenvalue weighted by atomic mass is 16.5. The number of carbonyl (C=O) groups is 2. The zero-order chi connectivity index (χ0) is 17.0. The number of carbonyl (C=O) groups excluding carboxylic acids is 2. The third-order valence-corrected chi connectivity index (χ3v) is 3.39. The van der Waals surface area contributed by atoms with Gasteiger partial charge in [0.25, 0.3) is 0 Å². The van der Waals surface area contributed by atoms with Crippen LogP contribution in [0.2, 0.25) is 0 Å². The number of hydrogen-bond acceptors (Lipinski definition) is 4. The molecule has 2 N–H and O–H groups in total. The molecule has 0 unspecified atom stereocenters. The van der Waals surface area contributed by atoms with Gasteiger partial charge in [-0.05, 0) is 31.5 Å². The van der Waals surface area contributed by atoms with E-state index >= 15 is 0 Å². The highest BCUT2D eigenvalue weighted by Gasteiger charge is 2.14. The van der Waals surface area contributed by atoms with E-state index in [1.54, 1.807) is 31.4 Å². The van der Waals surface area contributed by atoms with Gasteiger partial charge < -0.3 is 19.9 Å². The second-order valence-electron chi connectivity index (χ2n) is 5.32. The number of nitrogens with zero attached hydrogens (tertiary/aromatic N) is 2. The molecule has 0 aliphatic heterocycles. The first kappa shape index (κ1) is 16.5. The van der Waals surface area contributed by atoms with E-state index in [-0.39, 0.29) is 6.03 Å². The summed E-state index contributed by atoms with van der Waals surface area (Å²) in [6.07, 6.45) is 1.71. The Hall–Kier alpha value is -2.83. The van der Waals surface area contributed by atoms with Gasteiger partial charge in [-0.15, -0.1) is 0 Å². The van der Waals surface area contributed by atoms with Crippen LogP contribution in [0.15, 0.2) is 24.4 Å². The second kappa shape index (κ2) is 6.95. The Morgan fingerprint density at radius 1 is 1.35 bits per heavy atom. The summed E-state index contributed by atoms with van der Waals surface area (Å²) in [6.45, 7) is 4.11. The molecule has 0 saturated heterocycles. The summed E-state index contributed by atoms with van der Waals surface area (Å²) in [7, 11) is 2.99. The number of nitrogens with one attached hydrogen (secondary N) is 2. The summed E-state index contributed by atoms with van der Waals surface area (Å²) in [5.41, 5.74) is 2.75. The highest BCUT2D eigenvalue weighted by Crippen LogP contribution is 2.18. The summed E-state index contributed by atoms with van der Waals surface area (Å²) >= 11 is 0. The third-order valence-electron chi connectivity index (χ3n) is 3.39. The Balaban J connectivity index is 2.08. The number of ether oxygens (including phenoxy) is 1. The van der Waals surface area contributed by atoms with Gasteiger partial charge in [-0.2, -0.15) is 0 Å². The fourth-order valence-corrected chi connectivity index (χ4v) is 2.06. The normalized spacial score (nSPS) is 10.3. The van der Waals surface area contributed by atoms with Crippen molar-refractivity contribution in [3.8, 4) is 0 Å². The second-order valence-corrected chi connectivity index (χ2v) is 5.32. The van der Waals surface area contributed by atoms with Gasteiger partial charge in [-0.3, -0.25) is 0 Å². The Labute approximate surface area is 134 Å². The average Bonchev–Trinajstić information content (AvgIpc) is 2.93. The lowest BCUT2D eigenvalue weighted by molar-refractivity contribution is 0.0600. The molecule has 0 spiro atoms. The van der Waals surface area contributed by atoms with Gasteiger partial charge in [0.05, 0.1) is 19.2 Å². The quantitative estimate of drug-likeness (QED) is 0.848. The van der Waals surface area contributed by atoms with E-state index in [2.05, 4.69) is 15.3 Å². The molecule has 0 fully saturated rings. The van der Waals surface area contributed by atoms with Crippen LogP contribution in [0.5, 0.6) is 0 Å². The van der Waals surface area contributed by atoms with Crippen molar-refractivity contribution in [2.75, 3.05) is 19.5 Å². The van der Waals surface area contributed by atoms with Crippen molar-refractivity contribution in [3.63, 3.8) is 0 Å². The van der Waals surface area contributed by atoms with Crippen molar-refractivity contribution < 1.29 is 14.3 Å². The van der Waals surface area contributed by atoms with E-state index in [0.717, 1.165) is 11.3 Å². The van der Waals surface area contributed by atoms with Crippen LogP contribution in [-0.2, 0) is 11.3 Å². The number of aryl methyl sites for hydroxylation is 2. The van der Waals surface area contributed by atoms with Crippen LogP contribution in [0.3, 0.4) is 0 Å². The molecule has 2 rings (SSSR count). The van der Waals surface area contributed by atoms with Gasteiger partial charge in [0.1, 0.15) is 5.82 Å². The molecule has 1 heterocycles. The first-order valence-corrected chi connectivity index (χ1v) is 7.12. The van der Waals surface area contributed by atoms with Gasteiger partial charge in [0.15, 0.2) is 0 Å². The lowest BCUT2D eigenvalue weighted by atomic mass is 10.1. The molecule has 0 atom stereocenters. The van der Waals surface area contributed by atoms with Crippen LogP contribution in [0.25, 0.3) is 0 Å². The van der Waals surface area contributed by atoms with E-state index in [1.807, 2.05) is 13.8 Å². The number of methoxy groups -OCH3 is 1. The summed E-state index contributed by atoms with van der Waals surface area (Å²) < 4.78 is 4.69. The molecule has 1 aromatic carbocycles. The highest BCUT2D eigenvalue weighted by molar-refractivity contribution is 5.94. The predicted octanol–water partition coefficient (Wildman–Crippen LogP) is 2.48. The van der Waals surface area contributed by atoms with Crippen molar-refractivity contribution in [1.82, 2.24) is 14.9 Å². The van der Waals surface area contributed by atoms with Crippen molar-refractivity contribution in [2.45, 2.75) is 20.4 Å². The Kier molecular flexibility index (Phi) is 5.00. The van der Waals surface area contributed by atoms with Crippen molar-refractivity contribution in [3.05, 3.63) is 47.0 Å². The van der Waals surface area contributed by atoms with Crippen LogP contribution in [-0.4, -0.2) is 41.0 Å². The van der Waals surface area contributed by atoms with E-state index < -0.39 is 5.97 Å². The molecule has 0 aliphatic rings. The lowest BCUT2D eigenvalue weighted by Gasteiger charge is -2.18. The fraction of sp³-hybridized carbons (Fsp3) is 0.312. The number of esters is 1. The molecule has 0 saturated carbocycles. The maximum Gasteiger partial charge on any atom is 0.337 e. The van der Waals surface area contributed by atoms with Crippen molar-refractivity contribution in [1.29, 1.82) is 0 Å². The number of anilines is 1. The molecule has 122 valence electrons. The van der Waals surface area contributed by atoms with Crippen molar-refractivity contribution >= 4 is 17.7 Å². The SMILES string of the molecule is COC(=O)c1ccc(C)c(NC(=O)N(C)Cc2ncc(C)[nH]2)c1. The molecule has 1 aromatic heterocycles. The smallest absolute Gasteiger partial charge is 0.337 e. The van der Waals surface area contributed by atoms with Gasteiger partial charge >= 0.3 is 12.0 Å². The predicted molar refractivity (Wildman–Crippen MR) is 86.3 cm³/mol. The zero-order valence-corrected chi connectivity index (χ0v) is 13.6. The number of H-pyrrole nitrogens is 1. The van der Waals surface area contributed by atoms with Gasteiger partial charge in [-0.25, -0.2) is 14.6 Å². The Morgan fingerprint density at radius 2 is 2.09 bits per heavy atom. The van der Waals surface area contributed by atoms with E-state index in [4.69, 9.17) is 4.74 Å². The molecule has 7 nitrogen and oxygen atoms in total. The number of imidazole rings is 1. The van der Waals surface area contributed by atoms with Crippen molar-refractivity contribution in [2.24, 2.45) is 0 Å². The maximum atomic E-state index is 12.3. The molecule has 0 aliphatic carbocycles. The van der Waals surface area contributed by atoms with Gasteiger partial charge in [0, 0.05) is 24.6 Å². The minimum atomic E-state index is -0.445. The molecule has 2 aromatic rings. The molecular weight excluding hydrogens is 296 g/mol. The average molecular weight is 316 g/mol. The number of hydrogen-bond donors (Lipinski definition) is 2. The molecule has 23 heavy (non-hydrogen) atoms. The van der Waals surface area contributed by atoms with Crippen LogP contribution in [0.4, 0.5) is 10.5 Å². The molecule has 2 amide bonds.